The fraction of sp³-hybridized carbons (Fsp3) is 0.562. The van der Waals surface area contributed by atoms with E-state index < -0.39 is 0 Å². The van der Waals surface area contributed by atoms with E-state index in [0.29, 0.717) is 12.0 Å². The summed E-state index contributed by atoms with van der Waals surface area (Å²) in [6.07, 6.45) is 5.77. The lowest BCUT2D eigenvalue weighted by Gasteiger charge is -2.13. The first-order chi connectivity index (χ1) is 10.2. The summed E-state index contributed by atoms with van der Waals surface area (Å²) < 4.78 is 4.77. The lowest BCUT2D eigenvalue weighted by Crippen LogP contribution is -2.13. The van der Waals surface area contributed by atoms with Gasteiger partial charge in [-0.1, -0.05) is 0 Å². The van der Waals surface area contributed by atoms with Crippen molar-refractivity contribution >= 4 is 17.7 Å². The van der Waals surface area contributed by atoms with Gasteiger partial charge in [-0.05, 0) is 49.1 Å². The third-order valence-electron chi connectivity index (χ3n) is 4.36. The van der Waals surface area contributed by atoms with Crippen molar-refractivity contribution in [3.8, 4) is 6.07 Å². The van der Waals surface area contributed by atoms with Crippen LogP contribution in [-0.4, -0.2) is 23.8 Å². The van der Waals surface area contributed by atoms with Gasteiger partial charge in [0, 0.05) is 11.4 Å². The predicted octanol–water partition coefficient (Wildman–Crippen LogP) is 2.88. The van der Waals surface area contributed by atoms with Crippen LogP contribution in [0.4, 0.5) is 0 Å². The smallest absolute Gasteiger partial charge is 0.306 e. The number of fused-ring (bicyclic) bond motifs is 1. The first kappa shape index (κ1) is 14.4. The van der Waals surface area contributed by atoms with Crippen LogP contribution in [0.3, 0.4) is 0 Å². The van der Waals surface area contributed by atoms with Gasteiger partial charge < -0.3 is 4.74 Å². The van der Waals surface area contributed by atoms with E-state index in [2.05, 4.69) is 11.1 Å². The Morgan fingerprint density at radius 2 is 2.33 bits per heavy atom. The van der Waals surface area contributed by atoms with Gasteiger partial charge >= 0.3 is 5.97 Å². The molecule has 2 aliphatic rings. The summed E-state index contributed by atoms with van der Waals surface area (Å²) in [5, 5.41) is 10.1. The molecule has 1 fully saturated rings. The number of methoxy groups -OCH3 is 1. The molecule has 0 bridgehead atoms. The van der Waals surface area contributed by atoms with Crippen molar-refractivity contribution in [2.45, 2.75) is 43.6 Å². The normalized spacial score (nSPS) is 17.9. The molecule has 1 saturated carbocycles. The molecule has 21 heavy (non-hydrogen) atoms. The molecule has 1 aromatic rings. The number of rotatable bonds is 5. The average molecular weight is 302 g/mol. The summed E-state index contributed by atoms with van der Waals surface area (Å²) in [6, 6.07) is 4.26. The molecule has 1 aromatic heterocycles. The highest BCUT2D eigenvalue weighted by Gasteiger charge is 2.44. The molecule has 0 aliphatic heterocycles. The number of nitrogens with zero attached hydrogens (tertiary/aromatic N) is 2. The molecular formula is C16H18N2O2S. The highest BCUT2D eigenvalue weighted by molar-refractivity contribution is 7.99. The van der Waals surface area contributed by atoms with Gasteiger partial charge in [0.2, 0.25) is 0 Å². The summed E-state index contributed by atoms with van der Waals surface area (Å²) >= 11 is 1.62. The van der Waals surface area contributed by atoms with Crippen molar-refractivity contribution in [2.24, 2.45) is 5.41 Å². The molecule has 5 heteroatoms. The monoisotopic (exact) mass is 302 g/mol. The summed E-state index contributed by atoms with van der Waals surface area (Å²) in [4.78, 5) is 16.1. The molecule has 0 spiro atoms. The molecule has 110 valence electrons. The van der Waals surface area contributed by atoms with E-state index >= 15 is 0 Å². The topological polar surface area (TPSA) is 63.0 Å². The zero-order valence-corrected chi connectivity index (χ0v) is 13.0. The molecule has 2 aliphatic carbocycles. The van der Waals surface area contributed by atoms with Crippen LogP contribution in [0.1, 0.15) is 42.5 Å². The maximum absolute atomic E-state index is 11.5. The van der Waals surface area contributed by atoms with Crippen LogP contribution >= 0.6 is 11.8 Å². The summed E-state index contributed by atoms with van der Waals surface area (Å²) in [7, 11) is 1.43. The van der Waals surface area contributed by atoms with E-state index in [0.717, 1.165) is 48.6 Å². The number of nitriles is 1. The van der Waals surface area contributed by atoms with Gasteiger partial charge in [0.05, 0.1) is 19.1 Å². The molecular weight excluding hydrogens is 284 g/mol. The van der Waals surface area contributed by atoms with Gasteiger partial charge in [0.1, 0.15) is 11.1 Å². The zero-order valence-electron chi connectivity index (χ0n) is 12.1. The zero-order chi connectivity index (χ0) is 14.9. The molecule has 1 heterocycles. The van der Waals surface area contributed by atoms with Gasteiger partial charge in [-0.25, -0.2) is 4.98 Å². The van der Waals surface area contributed by atoms with E-state index in [-0.39, 0.29) is 11.4 Å². The van der Waals surface area contributed by atoms with E-state index in [4.69, 9.17) is 4.74 Å². The maximum atomic E-state index is 11.5. The van der Waals surface area contributed by atoms with Crippen LogP contribution in [-0.2, 0) is 22.4 Å². The highest BCUT2D eigenvalue weighted by Crippen LogP contribution is 2.52. The van der Waals surface area contributed by atoms with Crippen LogP contribution in [0.2, 0.25) is 0 Å². The van der Waals surface area contributed by atoms with Crippen molar-refractivity contribution < 1.29 is 9.53 Å². The highest BCUT2D eigenvalue weighted by atomic mass is 32.2. The largest absolute Gasteiger partial charge is 0.469 e. The van der Waals surface area contributed by atoms with Gasteiger partial charge in [-0.2, -0.15) is 5.26 Å². The molecule has 0 saturated heterocycles. The van der Waals surface area contributed by atoms with Gasteiger partial charge in [-0.3, -0.25) is 4.79 Å². The third kappa shape index (κ3) is 3.06. The molecule has 0 N–H and O–H groups in total. The fourth-order valence-corrected chi connectivity index (χ4v) is 4.06. The molecule has 0 atom stereocenters. The van der Waals surface area contributed by atoms with E-state index in [1.807, 2.05) is 6.07 Å². The SMILES string of the molecule is COC(=O)CC1(CSc2nc3c(cc2C#N)CCC3)CC1. The number of aryl methyl sites for hydroxylation is 2. The molecule has 3 rings (SSSR count). The summed E-state index contributed by atoms with van der Waals surface area (Å²) in [5.41, 5.74) is 3.11. The Morgan fingerprint density at radius 1 is 1.52 bits per heavy atom. The van der Waals surface area contributed by atoms with Crippen molar-refractivity contribution in [3.05, 3.63) is 22.9 Å². The van der Waals surface area contributed by atoms with E-state index in [1.165, 1.54) is 12.7 Å². The summed E-state index contributed by atoms with van der Waals surface area (Å²) in [5.74, 6) is 0.693. The fourth-order valence-electron chi connectivity index (χ4n) is 2.79. The predicted molar refractivity (Wildman–Crippen MR) is 80.0 cm³/mol. The molecule has 0 radical (unpaired) electrons. The first-order valence-corrected chi connectivity index (χ1v) is 8.27. The molecule has 0 aromatic carbocycles. The number of ether oxygens (including phenoxy) is 1. The summed E-state index contributed by atoms with van der Waals surface area (Å²) in [6.45, 7) is 0. The van der Waals surface area contributed by atoms with E-state index in [1.54, 1.807) is 11.8 Å². The van der Waals surface area contributed by atoms with Crippen molar-refractivity contribution in [2.75, 3.05) is 12.9 Å². The number of aromatic nitrogens is 1. The van der Waals surface area contributed by atoms with Crippen LogP contribution in [0.25, 0.3) is 0 Å². The Hall–Kier alpha value is -1.54. The Balaban J connectivity index is 1.71. The number of carbonyl (C=O) groups is 1. The lowest BCUT2D eigenvalue weighted by molar-refractivity contribution is -0.141. The molecule has 0 unspecified atom stereocenters. The van der Waals surface area contributed by atoms with Crippen molar-refractivity contribution in [1.82, 2.24) is 4.98 Å². The molecule has 0 amide bonds. The van der Waals surface area contributed by atoms with Gasteiger partial charge in [-0.15, -0.1) is 11.8 Å². The minimum Gasteiger partial charge on any atom is -0.469 e. The first-order valence-electron chi connectivity index (χ1n) is 7.28. The number of pyridine rings is 1. The minimum atomic E-state index is -0.143. The van der Waals surface area contributed by atoms with Crippen LogP contribution in [0.15, 0.2) is 11.1 Å². The van der Waals surface area contributed by atoms with Gasteiger partial charge in [0.15, 0.2) is 0 Å². The van der Waals surface area contributed by atoms with Crippen molar-refractivity contribution in [1.29, 1.82) is 5.26 Å². The Kier molecular flexibility index (Phi) is 3.90. The average Bonchev–Trinajstić information content (AvgIpc) is 3.10. The second-order valence-corrected chi connectivity index (χ2v) is 6.92. The van der Waals surface area contributed by atoms with E-state index in [9.17, 15) is 10.1 Å². The number of thioether (sulfide) groups is 1. The number of carbonyl (C=O) groups excluding carboxylic acids is 1. The molecule has 4 nitrogen and oxygen atoms in total. The van der Waals surface area contributed by atoms with Crippen molar-refractivity contribution in [3.63, 3.8) is 0 Å². The van der Waals surface area contributed by atoms with Crippen LogP contribution in [0, 0.1) is 16.7 Å². The number of hydrogen-bond acceptors (Lipinski definition) is 5. The van der Waals surface area contributed by atoms with Gasteiger partial charge in [0.25, 0.3) is 0 Å². The quantitative estimate of drug-likeness (QED) is 0.618. The van der Waals surface area contributed by atoms with Crippen LogP contribution < -0.4 is 0 Å². The van der Waals surface area contributed by atoms with Crippen LogP contribution in [0.5, 0.6) is 0 Å². The Labute approximate surface area is 128 Å². The Morgan fingerprint density at radius 3 is 3.00 bits per heavy atom. The second kappa shape index (κ2) is 5.69. The number of hydrogen-bond donors (Lipinski definition) is 0. The number of esters is 1. The lowest BCUT2D eigenvalue weighted by atomic mass is 10.1. The Bertz CT molecular complexity index is 617. The maximum Gasteiger partial charge on any atom is 0.306 e. The second-order valence-electron chi connectivity index (χ2n) is 5.95. The third-order valence-corrected chi connectivity index (χ3v) is 5.70. The minimum absolute atomic E-state index is 0.0607. The standard InChI is InChI=1S/C16H18N2O2S/c1-20-14(19)8-16(5-6-16)10-21-15-12(9-17)7-11-3-2-4-13(11)18-15/h7H,2-6,8,10H2,1H3.